The Labute approximate surface area is 170 Å². The Morgan fingerprint density at radius 2 is 1.43 bits per heavy atom. The van der Waals surface area contributed by atoms with Crippen molar-refractivity contribution in [1.29, 1.82) is 0 Å². The predicted molar refractivity (Wildman–Crippen MR) is 116 cm³/mol. The highest BCUT2D eigenvalue weighted by Gasteiger charge is 2.14. The maximum Gasteiger partial charge on any atom is 0.247 e. The van der Waals surface area contributed by atoms with Crippen molar-refractivity contribution >= 4 is 12.0 Å². The van der Waals surface area contributed by atoms with Crippen molar-refractivity contribution in [3.05, 3.63) is 29.3 Å². The second-order valence-electron chi connectivity index (χ2n) is 7.87. The molecule has 0 aliphatic heterocycles. The van der Waals surface area contributed by atoms with Crippen molar-refractivity contribution in [3.63, 3.8) is 0 Å². The Bertz CT molecular complexity index is 627. The van der Waals surface area contributed by atoms with Crippen LogP contribution in [0, 0.1) is 0 Å². The van der Waals surface area contributed by atoms with Crippen LogP contribution < -0.4 is 14.8 Å². The van der Waals surface area contributed by atoms with E-state index in [4.69, 9.17) is 9.47 Å². The smallest absolute Gasteiger partial charge is 0.247 e. The van der Waals surface area contributed by atoms with E-state index in [1.807, 2.05) is 31.2 Å². The molecular weight excluding hydrogens is 350 g/mol. The number of carbonyl (C=O) groups excluding carboxylic acids is 1. The van der Waals surface area contributed by atoms with Crippen molar-refractivity contribution in [1.82, 2.24) is 5.32 Å². The summed E-state index contributed by atoms with van der Waals surface area (Å²) in [5, 5.41) is 3.28. The monoisotopic (exact) mass is 387 g/mol. The van der Waals surface area contributed by atoms with Gasteiger partial charge in [0.1, 0.15) is 0 Å². The number of carbonyl (C=O) groups is 1. The first-order valence-electron chi connectivity index (χ1n) is 10.8. The van der Waals surface area contributed by atoms with Gasteiger partial charge in [0.25, 0.3) is 0 Å². The van der Waals surface area contributed by atoms with Crippen molar-refractivity contribution in [3.8, 4) is 11.5 Å². The van der Waals surface area contributed by atoms with Crippen LogP contribution in [0.25, 0.3) is 6.08 Å². The van der Waals surface area contributed by atoms with E-state index >= 15 is 0 Å². The second-order valence-corrected chi connectivity index (χ2v) is 7.87. The number of hydrogen-bond acceptors (Lipinski definition) is 3. The Balaban J connectivity index is 1.97. The summed E-state index contributed by atoms with van der Waals surface area (Å²) in [5.41, 5.74) is 1.65. The first-order chi connectivity index (χ1) is 13.6. The van der Waals surface area contributed by atoms with Gasteiger partial charge in [0.05, 0.1) is 14.2 Å². The van der Waals surface area contributed by atoms with Crippen LogP contribution in [0.15, 0.2) is 23.8 Å². The topological polar surface area (TPSA) is 47.6 Å². The molecule has 156 valence electrons. The molecule has 1 aliphatic carbocycles. The zero-order valence-corrected chi connectivity index (χ0v) is 17.9. The molecule has 0 bridgehead atoms. The summed E-state index contributed by atoms with van der Waals surface area (Å²) < 4.78 is 10.6. The summed E-state index contributed by atoms with van der Waals surface area (Å²) in [5.74, 6) is 1.39. The predicted octanol–water partition coefficient (Wildman–Crippen LogP) is 5.90. The third kappa shape index (κ3) is 7.57. The van der Waals surface area contributed by atoms with Crippen LogP contribution >= 0.6 is 0 Å². The molecule has 28 heavy (non-hydrogen) atoms. The molecule has 2 rings (SSSR count). The lowest BCUT2D eigenvalue weighted by Gasteiger charge is -2.20. The third-order valence-electron chi connectivity index (χ3n) is 5.59. The zero-order chi connectivity index (χ0) is 20.2. The van der Waals surface area contributed by atoms with Gasteiger partial charge in [-0.3, -0.25) is 4.79 Å². The van der Waals surface area contributed by atoms with Gasteiger partial charge < -0.3 is 14.8 Å². The van der Waals surface area contributed by atoms with E-state index < -0.39 is 0 Å². The summed E-state index contributed by atoms with van der Waals surface area (Å²) in [4.78, 5) is 12.7. The molecule has 0 unspecified atom stereocenters. The lowest BCUT2D eigenvalue weighted by atomic mass is 9.97. The Kier molecular flexibility index (Phi) is 9.95. The van der Waals surface area contributed by atoms with Gasteiger partial charge >= 0.3 is 0 Å². The molecular formula is C24H37NO3. The molecule has 4 heteroatoms. The third-order valence-corrected chi connectivity index (χ3v) is 5.59. The standard InChI is InChI=1S/C24H37NO3/c1-19(17-20-15-16-22(27-2)23(18-20)28-3)24(26)25-21-13-11-9-7-5-4-6-8-10-12-14-21/h15-18,21H,4-14H2,1-3H3,(H,25,26)/b19-17+. The highest BCUT2D eigenvalue weighted by molar-refractivity contribution is 5.97. The highest BCUT2D eigenvalue weighted by atomic mass is 16.5. The Morgan fingerprint density at radius 1 is 0.893 bits per heavy atom. The molecule has 0 spiro atoms. The number of rotatable bonds is 5. The summed E-state index contributed by atoms with van der Waals surface area (Å²) in [6.45, 7) is 1.88. The second kappa shape index (κ2) is 12.5. The molecule has 1 aromatic carbocycles. The largest absolute Gasteiger partial charge is 0.493 e. The molecule has 1 fully saturated rings. The highest BCUT2D eigenvalue weighted by Crippen LogP contribution is 2.28. The van der Waals surface area contributed by atoms with Crippen LogP contribution in [0.1, 0.15) is 83.1 Å². The van der Waals surface area contributed by atoms with Crippen molar-refractivity contribution in [2.75, 3.05) is 14.2 Å². The first-order valence-corrected chi connectivity index (χ1v) is 10.8. The number of ether oxygens (including phenoxy) is 2. The van der Waals surface area contributed by atoms with Crippen molar-refractivity contribution in [2.24, 2.45) is 0 Å². The first kappa shape index (κ1) is 22.3. The van der Waals surface area contributed by atoms with Crippen LogP contribution in [0.5, 0.6) is 11.5 Å². The normalized spacial score (nSPS) is 17.9. The van der Waals surface area contributed by atoms with Gasteiger partial charge in [-0.15, -0.1) is 0 Å². The Morgan fingerprint density at radius 3 is 1.96 bits per heavy atom. The van der Waals surface area contributed by atoms with E-state index in [1.54, 1.807) is 14.2 Å². The van der Waals surface area contributed by atoms with Gasteiger partial charge in [0, 0.05) is 11.6 Å². The zero-order valence-electron chi connectivity index (χ0n) is 17.9. The van der Waals surface area contributed by atoms with Crippen LogP contribution in [0.3, 0.4) is 0 Å². The summed E-state index contributed by atoms with van der Waals surface area (Å²) >= 11 is 0. The quantitative estimate of drug-likeness (QED) is 0.640. The van der Waals surface area contributed by atoms with E-state index in [2.05, 4.69) is 5.32 Å². The minimum absolute atomic E-state index is 0.0341. The number of nitrogens with one attached hydrogen (secondary N) is 1. The summed E-state index contributed by atoms with van der Waals surface area (Å²) in [6.07, 6.45) is 15.9. The fourth-order valence-electron chi connectivity index (χ4n) is 3.86. The van der Waals surface area contributed by atoms with Gasteiger partial charge in [0.15, 0.2) is 11.5 Å². The lowest BCUT2D eigenvalue weighted by Crippen LogP contribution is -2.35. The maximum atomic E-state index is 12.7. The molecule has 1 aliphatic rings. The van der Waals surface area contributed by atoms with Gasteiger partial charge in [-0.1, -0.05) is 63.9 Å². The Hall–Kier alpha value is -1.97. The fraction of sp³-hybridized carbons (Fsp3) is 0.625. The van der Waals surface area contributed by atoms with Crippen LogP contribution in [-0.2, 0) is 4.79 Å². The molecule has 1 amide bonds. The minimum atomic E-state index is 0.0341. The van der Waals surface area contributed by atoms with Crippen LogP contribution in [-0.4, -0.2) is 26.2 Å². The minimum Gasteiger partial charge on any atom is -0.493 e. The number of hydrogen-bond donors (Lipinski definition) is 1. The van der Waals surface area contributed by atoms with Gasteiger partial charge in [-0.25, -0.2) is 0 Å². The van der Waals surface area contributed by atoms with Gasteiger partial charge in [-0.2, -0.15) is 0 Å². The van der Waals surface area contributed by atoms with E-state index in [9.17, 15) is 4.79 Å². The molecule has 0 heterocycles. The van der Waals surface area contributed by atoms with E-state index in [1.165, 1.54) is 57.8 Å². The molecule has 0 aromatic heterocycles. The van der Waals surface area contributed by atoms with Crippen LogP contribution in [0.4, 0.5) is 0 Å². The lowest BCUT2D eigenvalue weighted by molar-refractivity contribution is -0.118. The molecule has 0 radical (unpaired) electrons. The molecule has 0 saturated heterocycles. The van der Waals surface area contributed by atoms with E-state index in [-0.39, 0.29) is 5.91 Å². The fourth-order valence-corrected chi connectivity index (χ4v) is 3.86. The number of benzene rings is 1. The molecule has 1 aromatic rings. The number of methoxy groups -OCH3 is 2. The van der Waals surface area contributed by atoms with Crippen molar-refractivity contribution in [2.45, 2.75) is 83.6 Å². The summed E-state index contributed by atoms with van der Waals surface area (Å²) in [6, 6.07) is 5.99. The SMILES string of the molecule is COc1ccc(/C=C(\C)C(=O)NC2CCCCCCCCCCC2)cc1OC. The van der Waals surface area contributed by atoms with Crippen molar-refractivity contribution < 1.29 is 14.3 Å². The molecule has 0 atom stereocenters. The maximum absolute atomic E-state index is 12.7. The number of amides is 1. The molecule has 1 N–H and O–H groups in total. The average Bonchev–Trinajstić information content (AvgIpc) is 2.69. The molecule has 1 saturated carbocycles. The van der Waals surface area contributed by atoms with Crippen LogP contribution in [0.2, 0.25) is 0 Å². The van der Waals surface area contributed by atoms with E-state index in [0.717, 1.165) is 24.0 Å². The summed E-state index contributed by atoms with van der Waals surface area (Å²) in [7, 11) is 3.24. The van der Waals surface area contributed by atoms with E-state index in [0.29, 0.717) is 17.5 Å². The average molecular weight is 388 g/mol. The van der Waals surface area contributed by atoms with Gasteiger partial charge in [0.2, 0.25) is 5.91 Å². The molecule has 4 nitrogen and oxygen atoms in total. The van der Waals surface area contributed by atoms with Gasteiger partial charge in [-0.05, 0) is 43.5 Å².